The smallest absolute Gasteiger partial charge is 0.191 e. The van der Waals surface area contributed by atoms with Crippen LogP contribution in [0.1, 0.15) is 19.3 Å². The zero-order valence-corrected chi connectivity index (χ0v) is 15.8. The zero-order valence-electron chi connectivity index (χ0n) is 15.0. The topological polar surface area (TPSA) is 65.0 Å². The predicted molar refractivity (Wildman–Crippen MR) is 104 cm³/mol. The molecule has 0 spiro atoms. The van der Waals surface area contributed by atoms with Crippen LogP contribution in [0.5, 0.6) is 0 Å². The minimum absolute atomic E-state index is 0.244. The number of thioether (sulfide) groups is 1. The SMILES string of the molecule is COCCCSc1nnc(-c2c[nH]c3ccccc23)n1CC1CCCO1. The van der Waals surface area contributed by atoms with Crippen LogP contribution < -0.4 is 0 Å². The van der Waals surface area contributed by atoms with E-state index in [2.05, 4.69) is 37.9 Å². The number of H-pyrrole nitrogens is 1. The Hall–Kier alpha value is -1.83. The van der Waals surface area contributed by atoms with Gasteiger partial charge in [-0.2, -0.15) is 0 Å². The van der Waals surface area contributed by atoms with Gasteiger partial charge < -0.3 is 14.5 Å². The summed E-state index contributed by atoms with van der Waals surface area (Å²) in [4.78, 5) is 3.34. The Balaban J connectivity index is 1.65. The first-order valence-electron chi connectivity index (χ1n) is 9.10. The molecule has 1 aliphatic rings. The number of ether oxygens (including phenoxy) is 2. The van der Waals surface area contributed by atoms with E-state index in [0.717, 1.165) is 66.8 Å². The minimum Gasteiger partial charge on any atom is -0.385 e. The number of rotatable bonds is 8. The Morgan fingerprint density at radius 1 is 1.35 bits per heavy atom. The number of aromatic nitrogens is 4. The molecular formula is C19H24N4O2S. The van der Waals surface area contributed by atoms with Gasteiger partial charge in [-0.25, -0.2) is 0 Å². The van der Waals surface area contributed by atoms with E-state index in [0.29, 0.717) is 0 Å². The second-order valence-corrected chi connectivity index (χ2v) is 7.56. The molecule has 6 nitrogen and oxygen atoms in total. The largest absolute Gasteiger partial charge is 0.385 e. The Morgan fingerprint density at radius 3 is 3.12 bits per heavy atom. The second-order valence-electron chi connectivity index (χ2n) is 6.49. The molecule has 138 valence electrons. The van der Waals surface area contributed by atoms with Crippen molar-refractivity contribution >= 4 is 22.7 Å². The number of hydrogen-bond donors (Lipinski definition) is 1. The molecule has 26 heavy (non-hydrogen) atoms. The van der Waals surface area contributed by atoms with Crippen molar-refractivity contribution in [2.75, 3.05) is 26.1 Å². The third-order valence-corrected chi connectivity index (χ3v) is 5.73. The summed E-state index contributed by atoms with van der Waals surface area (Å²) in [6, 6.07) is 8.30. The molecule has 4 rings (SSSR count). The van der Waals surface area contributed by atoms with Crippen molar-refractivity contribution < 1.29 is 9.47 Å². The fraction of sp³-hybridized carbons (Fsp3) is 0.474. The highest BCUT2D eigenvalue weighted by molar-refractivity contribution is 7.99. The maximum atomic E-state index is 5.87. The number of benzene rings is 1. The van der Waals surface area contributed by atoms with Crippen LogP contribution in [-0.2, 0) is 16.0 Å². The third-order valence-electron chi connectivity index (χ3n) is 4.68. The van der Waals surface area contributed by atoms with Crippen molar-refractivity contribution in [2.24, 2.45) is 0 Å². The van der Waals surface area contributed by atoms with Gasteiger partial charge in [0.2, 0.25) is 0 Å². The molecule has 1 aromatic carbocycles. The Labute approximate surface area is 157 Å². The van der Waals surface area contributed by atoms with E-state index in [1.807, 2.05) is 12.3 Å². The highest BCUT2D eigenvalue weighted by Crippen LogP contribution is 2.31. The average molecular weight is 372 g/mol. The predicted octanol–water partition coefficient (Wildman–Crippen LogP) is 3.73. The molecule has 0 aliphatic carbocycles. The lowest BCUT2D eigenvalue weighted by atomic mass is 10.1. The van der Waals surface area contributed by atoms with E-state index >= 15 is 0 Å². The van der Waals surface area contributed by atoms with E-state index in [1.54, 1.807) is 18.9 Å². The van der Waals surface area contributed by atoms with E-state index in [1.165, 1.54) is 5.39 Å². The first-order chi connectivity index (χ1) is 12.9. The summed E-state index contributed by atoms with van der Waals surface area (Å²) >= 11 is 1.74. The molecule has 1 saturated heterocycles. The third kappa shape index (κ3) is 3.65. The maximum absolute atomic E-state index is 5.87. The van der Waals surface area contributed by atoms with Crippen LogP contribution in [0.25, 0.3) is 22.3 Å². The number of nitrogens with one attached hydrogen (secondary N) is 1. The molecule has 1 unspecified atom stereocenters. The quantitative estimate of drug-likeness (QED) is 0.482. The van der Waals surface area contributed by atoms with E-state index in [-0.39, 0.29) is 6.10 Å². The molecule has 3 heterocycles. The van der Waals surface area contributed by atoms with Crippen LogP contribution in [0.4, 0.5) is 0 Å². The van der Waals surface area contributed by atoms with Gasteiger partial charge in [-0.3, -0.25) is 4.57 Å². The van der Waals surface area contributed by atoms with Crippen molar-refractivity contribution in [3.8, 4) is 11.4 Å². The molecule has 0 amide bonds. The molecule has 1 N–H and O–H groups in total. The fourth-order valence-electron chi connectivity index (χ4n) is 3.37. The van der Waals surface area contributed by atoms with Crippen molar-refractivity contribution in [1.82, 2.24) is 19.7 Å². The lowest BCUT2D eigenvalue weighted by molar-refractivity contribution is 0.0953. The summed E-state index contributed by atoms with van der Waals surface area (Å²) in [6.07, 6.45) is 5.50. The lowest BCUT2D eigenvalue weighted by Crippen LogP contribution is -2.16. The van der Waals surface area contributed by atoms with Gasteiger partial charge in [0.25, 0.3) is 0 Å². The lowest BCUT2D eigenvalue weighted by Gasteiger charge is -2.14. The first kappa shape index (κ1) is 17.6. The number of methoxy groups -OCH3 is 1. The van der Waals surface area contributed by atoms with E-state index in [9.17, 15) is 0 Å². The Morgan fingerprint density at radius 2 is 2.27 bits per heavy atom. The van der Waals surface area contributed by atoms with Crippen LogP contribution in [0, 0.1) is 0 Å². The first-order valence-corrected chi connectivity index (χ1v) is 10.1. The van der Waals surface area contributed by atoms with E-state index in [4.69, 9.17) is 9.47 Å². The maximum Gasteiger partial charge on any atom is 0.191 e. The standard InChI is InChI=1S/C19H24N4O2S/c1-24-9-5-11-26-19-22-21-18(23(19)13-14-6-4-10-25-14)16-12-20-17-8-3-2-7-15(16)17/h2-3,7-8,12,14,20H,4-6,9-11,13H2,1H3. The number of para-hydroxylation sites is 1. The average Bonchev–Trinajstić information content (AvgIpc) is 3.39. The number of aromatic amines is 1. The molecular weight excluding hydrogens is 348 g/mol. The van der Waals surface area contributed by atoms with Crippen molar-refractivity contribution in [3.05, 3.63) is 30.5 Å². The summed E-state index contributed by atoms with van der Waals surface area (Å²) in [5, 5.41) is 11.1. The van der Waals surface area contributed by atoms with Gasteiger partial charge in [-0.1, -0.05) is 30.0 Å². The summed E-state index contributed by atoms with van der Waals surface area (Å²) in [5.74, 6) is 1.87. The summed E-state index contributed by atoms with van der Waals surface area (Å²) in [7, 11) is 1.74. The number of hydrogen-bond acceptors (Lipinski definition) is 5. The van der Waals surface area contributed by atoms with Crippen LogP contribution in [0.3, 0.4) is 0 Å². The van der Waals surface area contributed by atoms with Crippen LogP contribution in [0.2, 0.25) is 0 Å². The Bertz CT molecular complexity index is 854. The molecule has 1 aliphatic heterocycles. The highest BCUT2D eigenvalue weighted by atomic mass is 32.2. The van der Waals surface area contributed by atoms with Crippen LogP contribution in [0.15, 0.2) is 35.6 Å². The Kier molecular flexibility index (Phi) is 5.57. The van der Waals surface area contributed by atoms with Crippen molar-refractivity contribution in [3.63, 3.8) is 0 Å². The van der Waals surface area contributed by atoms with Crippen molar-refractivity contribution in [2.45, 2.75) is 37.1 Å². The molecule has 3 aromatic rings. The molecule has 0 saturated carbocycles. The highest BCUT2D eigenvalue weighted by Gasteiger charge is 2.22. The minimum atomic E-state index is 0.244. The fourth-order valence-corrected chi connectivity index (χ4v) is 4.23. The van der Waals surface area contributed by atoms with Gasteiger partial charge in [0.1, 0.15) is 0 Å². The zero-order chi connectivity index (χ0) is 17.8. The van der Waals surface area contributed by atoms with Gasteiger partial charge >= 0.3 is 0 Å². The molecule has 1 fully saturated rings. The van der Waals surface area contributed by atoms with Gasteiger partial charge in [0, 0.05) is 48.7 Å². The molecule has 0 bridgehead atoms. The van der Waals surface area contributed by atoms with Crippen LogP contribution in [-0.4, -0.2) is 51.9 Å². The van der Waals surface area contributed by atoms with Gasteiger partial charge in [0.05, 0.1) is 12.6 Å². The van der Waals surface area contributed by atoms with Crippen LogP contribution >= 0.6 is 11.8 Å². The van der Waals surface area contributed by atoms with E-state index < -0.39 is 0 Å². The normalized spacial score (nSPS) is 17.3. The number of nitrogens with zero attached hydrogens (tertiary/aromatic N) is 3. The van der Waals surface area contributed by atoms with Gasteiger partial charge in [0.15, 0.2) is 11.0 Å². The number of fused-ring (bicyclic) bond motifs is 1. The summed E-state index contributed by atoms with van der Waals surface area (Å²) in [5.41, 5.74) is 2.21. The van der Waals surface area contributed by atoms with Gasteiger partial charge in [-0.15, -0.1) is 10.2 Å². The summed E-state index contributed by atoms with van der Waals surface area (Å²) in [6.45, 7) is 2.42. The molecule has 0 radical (unpaired) electrons. The van der Waals surface area contributed by atoms with Crippen molar-refractivity contribution in [1.29, 1.82) is 0 Å². The summed E-state index contributed by atoms with van der Waals surface area (Å²) < 4.78 is 13.2. The molecule has 7 heteroatoms. The molecule has 2 aromatic heterocycles. The monoisotopic (exact) mass is 372 g/mol. The second kappa shape index (κ2) is 8.24. The van der Waals surface area contributed by atoms with Gasteiger partial charge in [-0.05, 0) is 25.3 Å². The molecule has 1 atom stereocenters.